The van der Waals surface area contributed by atoms with Gasteiger partial charge in [-0.3, -0.25) is 14.9 Å². The van der Waals surface area contributed by atoms with Gasteiger partial charge in [0.1, 0.15) is 0 Å². The fourth-order valence-electron chi connectivity index (χ4n) is 2.81. The molecule has 0 fully saturated rings. The minimum atomic E-state index is -0.152. The van der Waals surface area contributed by atoms with E-state index in [1.54, 1.807) is 13.3 Å². The lowest BCUT2D eigenvalue weighted by molar-refractivity contribution is 0.845. The molecule has 2 aromatic carbocycles. The number of hydrogen-bond acceptors (Lipinski definition) is 4. The van der Waals surface area contributed by atoms with E-state index < -0.39 is 0 Å². The van der Waals surface area contributed by atoms with Crippen molar-refractivity contribution in [1.29, 1.82) is 0 Å². The predicted molar refractivity (Wildman–Crippen MR) is 103 cm³/mol. The molecule has 0 unspecified atom stereocenters. The van der Waals surface area contributed by atoms with Crippen molar-refractivity contribution in [3.05, 3.63) is 70.0 Å². The summed E-state index contributed by atoms with van der Waals surface area (Å²) >= 11 is 1.48. The van der Waals surface area contributed by atoms with Gasteiger partial charge >= 0.3 is 0 Å². The number of aromatic amines is 1. The van der Waals surface area contributed by atoms with Crippen LogP contribution in [-0.2, 0) is 0 Å². The Morgan fingerprint density at radius 2 is 2.04 bits per heavy atom. The second-order valence-corrected chi connectivity index (χ2v) is 6.77. The van der Waals surface area contributed by atoms with Gasteiger partial charge in [0.25, 0.3) is 5.56 Å². The number of aromatic nitrogens is 3. The number of aryl methyl sites for hydroxylation is 1. The maximum Gasteiger partial charge on any atom is 0.282 e. The van der Waals surface area contributed by atoms with Gasteiger partial charge in [0.2, 0.25) is 5.13 Å². The van der Waals surface area contributed by atoms with Crippen molar-refractivity contribution in [1.82, 2.24) is 14.8 Å². The number of thiazole rings is 1. The van der Waals surface area contributed by atoms with Crippen LogP contribution >= 0.6 is 11.3 Å². The van der Waals surface area contributed by atoms with Crippen LogP contribution in [0.25, 0.3) is 26.6 Å². The molecule has 0 atom stereocenters. The average Bonchev–Trinajstić information content (AvgIpc) is 3.17. The summed E-state index contributed by atoms with van der Waals surface area (Å²) in [5.41, 5.74) is 4.09. The molecular weight excluding hydrogens is 332 g/mol. The van der Waals surface area contributed by atoms with Gasteiger partial charge in [-0.25, -0.2) is 4.98 Å². The molecule has 25 heavy (non-hydrogen) atoms. The van der Waals surface area contributed by atoms with Crippen LogP contribution in [0.1, 0.15) is 11.1 Å². The largest absolute Gasteiger partial charge is 0.296 e. The molecule has 124 valence electrons. The van der Waals surface area contributed by atoms with Crippen molar-refractivity contribution in [3.8, 4) is 16.4 Å². The molecule has 5 nitrogen and oxygen atoms in total. The molecule has 2 aromatic heterocycles. The Bertz CT molecular complexity index is 1120. The zero-order valence-corrected chi connectivity index (χ0v) is 14.7. The highest BCUT2D eigenvalue weighted by Crippen LogP contribution is 2.25. The molecule has 2 heterocycles. The highest BCUT2D eigenvalue weighted by Gasteiger charge is 2.17. The van der Waals surface area contributed by atoms with Gasteiger partial charge in [-0.15, -0.1) is 0 Å². The fraction of sp³-hybridized carbons (Fsp3) is 0.105. The Hall–Kier alpha value is -2.99. The fourth-order valence-corrected chi connectivity index (χ4v) is 3.74. The Morgan fingerprint density at radius 3 is 2.80 bits per heavy atom. The summed E-state index contributed by atoms with van der Waals surface area (Å²) in [6.45, 7) is 2.03. The second kappa shape index (κ2) is 6.14. The van der Waals surface area contributed by atoms with Crippen LogP contribution in [0.3, 0.4) is 0 Å². The number of benzene rings is 2. The maximum atomic E-state index is 12.9. The summed E-state index contributed by atoms with van der Waals surface area (Å²) in [5, 5.41) is 3.84. The van der Waals surface area contributed by atoms with Crippen LogP contribution in [0.4, 0.5) is 0 Å². The Morgan fingerprint density at radius 1 is 1.20 bits per heavy atom. The van der Waals surface area contributed by atoms with E-state index in [2.05, 4.69) is 15.1 Å². The van der Waals surface area contributed by atoms with Gasteiger partial charge in [-0.2, -0.15) is 4.68 Å². The maximum absolute atomic E-state index is 12.9. The summed E-state index contributed by atoms with van der Waals surface area (Å²) < 4.78 is 2.54. The monoisotopic (exact) mass is 348 g/mol. The van der Waals surface area contributed by atoms with Crippen molar-refractivity contribution < 1.29 is 0 Å². The van der Waals surface area contributed by atoms with Crippen molar-refractivity contribution in [2.24, 2.45) is 4.99 Å². The Kier molecular flexibility index (Phi) is 3.82. The SMILES string of the molecule is CN=Cc1c(-c2cccc(C)c2)[nH]n(-c2nc3ccccc3s2)c1=O. The van der Waals surface area contributed by atoms with Crippen molar-refractivity contribution in [2.75, 3.05) is 7.05 Å². The number of nitrogens with zero attached hydrogens (tertiary/aromatic N) is 3. The molecule has 0 aliphatic rings. The van der Waals surface area contributed by atoms with E-state index >= 15 is 0 Å². The molecule has 0 spiro atoms. The summed E-state index contributed by atoms with van der Waals surface area (Å²) in [6.07, 6.45) is 1.60. The molecule has 1 N–H and O–H groups in total. The number of para-hydroxylation sites is 1. The molecule has 4 rings (SSSR count). The lowest BCUT2D eigenvalue weighted by Gasteiger charge is -2.01. The Labute approximate surface area is 148 Å². The quantitative estimate of drug-likeness (QED) is 0.572. The first kappa shape index (κ1) is 15.5. The van der Waals surface area contributed by atoms with Crippen molar-refractivity contribution >= 4 is 27.8 Å². The van der Waals surface area contributed by atoms with E-state index in [1.165, 1.54) is 16.0 Å². The molecule has 0 aliphatic carbocycles. The van der Waals surface area contributed by atoms with E-state index in [0.29, 0.717) is 10.7 Å². The predicted octanol–water partition coefficient (Wildman–Crippen LogP) is 3.80. The molecular formula is C19H16N4OS. The molecule has 6 heteroatoms. The van der Waals surface area contributed by atoms with E-state index in [0.717, 1.165) is 27.0 Å². The second-order valence-electron chi connectivity index (χ2n) is 5.76. The van der Waals surface area contributed by atoms with Crippen molar-refractivity contribution in [3.63, 3.8) is 0 Å². The number of H-pyrrole nitrogens is 1. The molecule has 4 aromatic rings. The van der Waals surface area contributed by atoms with E-state index in [9.17, 15) is 4.79 Å². The van der Waals surface area contributed by atoms with Gasteiger partial charge in [0, 0.05) is 18.8 Å². The molecule has 0 aliphatic heterocycles. The van der Waals surface area contributed by atoms with Gasteiger partial charge < -0.3 is 0 Å². The van der Waals surface area contributed by atoms with Crippen LogP contribution in [0, 0.1) is 6.92 Å². The van der Waals surface area contributed by atoms with Crippen molar-refractivity contribution in [2.45, 2.75) is 6.92 Å². The lowest BCUT2D eigenvalue weighted by atomic mass is 10.1. The van der Waals surface area contributed by atoms with Gasteiger partial charge in [-0.05, 0) is 25.1 Å². The summed E-state index contributed by atoms with van der Waals surface area (Å²) in [6, 6.07) is 15.9. The minimum Gasteiger partial charge on any atom is -0.296 e. The minimum absolute atomic E-state index is 0.152. The third-order valence-corrected chi connectivity index (χ3v) is 4.99. The Balaban J connectivity index is 1.95. The van der Waals surface area contributed by atoms with Crippen LogP contribution in [0.15, 0.2) is 58.3 Å². The molecule has 0 saturated heterocycles. The van der Waals surface area contributed by atoms with E-state index in [1.807, 2.05) is 55.5 Å². The standard InChI is InChI=1S/C19H16N4OS/c1-12-6-5-7-13(10-12)17-14(11-20-2)18(24)23(22-17)19-21-15-8-3-4-9-16(15)25-19/h3-11,22H,1-2H3. The normalized spacial score (nSPS) is 11.6. The van der Waals surface area contributed by atoms with Crippen LogP contribution in [-0.4, -0.2) is 28.0 Å². The molecule has 0 bridgehead atoms. The number of rotatable bonds is 3. The molecule has 0 amide bonds. The molecule has 0 radical (unpaired) electrons. The first-order chi connectivity index (χ1) is 12.2. The molecule has 0 saturated carbocycles. The first-order valence-corrected chi connectivity index (χ1v) is 8.69. The van der Waals surface area contributed by atoms with Crippen LogP contribution in [0.5, 0.6) is 0 Å². The summed E-state index contributed by atoms with van der Waals surface area (Å²) in [4.78, 5) is 21.5. The topological polar surface area (TPSA) is 63.0 Å². The van der Waals surface area contributed by atoms with Gasteiger partial charge in [0.15, 0.2) is 0 Å². The zero-order chi connectivity index (χ0) is 17.4. The van der Waals surface area contributed by atoms with Gasteiger partial charge in [0.05, 0.1) is 21.5 Å². The van der Waals surface area contributed by atoms with E-state index in [-0.39, 0.29) is 5.56 Å². The third-order valence-electron chi connectivity index (χ3n) is 3.97. The summed E-state index contributed by atoms with van der Waals surface area (Å²) in [7, 11) is 1.66. The van der Waals surface area contributed by atoms with Crippen LogP contribution in [0.2, 0.25) is 0 Å². The lowest BCUT2D eigenvalue weighted by Crippen LogP contribution is -2.16. The average molecular weight is 348 g/mol. The van der Waals surface area contributed by atoms with Crippen LogP contribution < -0.4 is 5.56 Å². The number of fused-ring (bicyclic) bond motifs is 1. The number of aliphatic imine (C=N–C) groups is 1. The number of nitrogens with one attached hydrogen (secondary N) is 1. The van der Waals surface area contributed by atoms with Gasteiger partial charge in [-0.1, -0.05) is 47.2 Å². The summed E-state index contributed by atoms with van der Waals surface area (Å²) in [5.74, 6) is 0. The smallest absolute Gasteiger partial charge is 0.282 e. The zero-order valence-electron chi connectivity index (χ0n) is 13.9. The first-order valence-electron chi connectivity index (χ1n) is 7.87. The van der Waals surface area contributed by atoms with E-state index in [4.69, 9.17) is 0 Å². The third kappa shape index (κ3) is 2.70. The highest BCUT2D eigenvalue weighted by molar-refractivity contribution is 7.20. The highest BCUT2D eigenvalue weighted by atomic mass is 32.1. The number of hydrogen-bond donors (Lipinski definition) is 1.